The van der Waals surface area contributed by atoms with Crippen LogP contribution in [0, 0.1) is 5.92 Å². The highest BCUT2D eigenvalue weighted by Gasteiger charge is 2.13. The molecule has 0 bridgehead atoms. The fourth-order valence-corrected chi connectivity index (χ4v) is 3.04. The molecule has 2 atom stereocenters. The number of rotatable bonds is 5. The van der Waals surface area contributed by atoms with Crippen molar-refractivity contribution in [2.24, 2.45) is 5.92 Å². The molecule has 1 aromatic rings. The molecule has 94 valence electrons. The van der Waals surface area contributed by atoms with Crippen LogP contribution < -0.4 is 5.32 Å². The Balaban J connectivity index is 1.80. The predicted molar refractivity (Wildman–Crippen MR) is 74.4 cm³/mol. The molecule has 0 amide bonds. The molecule has 1 aliphatic rings. The van der Waals surface area contributed by atoms with Crippen molar-refractivity contribution in [3.05, 3.63) is 28.2 Å². The van der Waals surface area contributed by atoms with E-state index in [1.54, 1.807) is 0 Å². The largest absolute Gasteiger partial charge is 0.308 e. The van der Waals surface area contributed by atoms with E-state index in [9.17, 15) is 0 Å². The second-order valence-corrected chi connectivity index (χ2v) is 5.95. The highest BCUT2D eigenvalue weighted by atomic mass is 32.1. The molecule has 2 nitrogen and oxygen atoms in total. The van der Waals surface area contributed by atoms with Gasteiger partial charge in [-0.25, -0.2) is 4.98 Å². The summed E-state index contributed by atoms with van der Waals surface area (Å²) in [5.41, 5.74) is 0. The van der Waals surface area contributed by atoms with Crippen molar-refractivity contribution in [1.82, 2.24) is 10.3 Å². The Morgan fingerprint density at radius 3 is 3.06 bits per heavy atom. The van der Waals surface area contributed by atoms with Crippen LogP contribution in [0.4, 0.5) is 0 Å². The van der Waals surface area contributed by atoms with Gasteiger partial charge in [0.05, 0.1) is 6.04 Å². The summed E-state index contributed by atoms with van der Waals surface area (Å²) in [5.74, 6) is 0.813. The summed E-state index contributed by atoms with van der Waals surface area (Å²) in [4.78, 5) is 5.88. The van der Waals surface area contributed by atoms with Crippen molar-refractivity contribution >= 4 is 11.3 Å². The van der Waals surface area contributed by atoms with Gasteiger partial charge >= 0.3 is 0 Å². The van der Waals surface area contributed by atoms with Crippen LogP contribution in [0.25, 0.3) is 0 Å². The molecule has 0 aromatic carbocycles. The van der Waals surface area contributed by atoms with Crippen LogP contribution in [-0.2, 0) is 6.42 Å². The number of hydrogen-bond acceptors (Lipinski definition) is 3. The molecular formula is C14H22N2S. The molecule has 2 rings (SSSR count). The standard InChI is InChI=1S/C14H22N2S/c1-3-13-10-16-14(17-13)11(2)15-9-12-7-5-4-6-8-12/h4-5,10-12,15H,3,6-9H2,1-2H3. The summed E-state index contributed by atoms with van der Waals surface area (Å²) in [6, 6.07) is 0.395. The summed E-state index contributed by atoms with van der Waals surface area (Å²) in [6.07, 6.45) is 11.5. The Kier molecular flexibility index (Phi) is 4.75. The van der Waals surface area contributed by atoms with Crippen LogP contribution in [0.5, 0.6) is 0 Å². The molecule has 0 saturated heterocycles. The molecule has 2 unspecified atom stereocenters. The highest BCUT2D eigenvalue weighted by Crippen LogP contribution is 2.22. The van der Waals surface area contributed by atoms with E-state index in [2.05, 4.69) is 36.3 Å². The summed E-state index contributed by atoms with van der Waals surface area (Å²) >= 11 is 1.84. The maximum atomic E-state index is 4.49. The van der Waals surface area contributed by atoms with Gasteiger partial charge in [0.1, 0.15) is 5.01 Å². The van der Waals surface area contributed by atoms with Crippen molar-refractivity contribution in [1.29, 1.82) is 0 Å². The first-order valence-corrected chi connectivity index (χ1v) is 7.44. The topological polar surface area (TPSA) is 24.9 Å². The lowest BCUT2D eigenvalue weighted by molar-refractivity contribution is 0.415. The van der Waals surface area contributed by atoms with Gasteiger partial charge in [-0.15, -0.1) is 11.3 Å². The van der Waals surface area contributed by atoms with E-state index in [0.29, 0.717) is 6.04 Å². The number of aromatic nitrogens is 1. The van der Waals surface area contributed by atoms with Gasteiger partial charge in [-0.05, 0) is 45.1 Å². The molecule has 1 aliphatic carbocycles. The van der Waals surface area contributed by atoms with Crippen LogP contribution in [-0.4, -0.2) is 11.5 Å². The number of nitrogens with zero attached hydrogens (tertiary/aromatic N) is 1. The first-order chi connectivity index (χ1) is 8.29. The van der Waals surface area contributed by atoms with E-state index >= 15 is 0 Å². The number of hydrogen-bond donors (Lipinski definition) is 1. The van der Waals surface area contributed by atoms with Gasteiger partial charge in [0, 0.05) is 11.1 Å². The predicted octanol–water partition coefficient (Wildman–Crippen LogP) is 3.71. The molecule has 0 aliphatic heterocycles. The molecule has 0 spiro atoms. The summed E-state index contributed by atoms with van der Waals surface area (Å²) in [6.45, 7) is 5.52. The third kappa shape index (κ3) is 3.65. The Morgan fingerprint density at radius 2 is 2.41 bits per heavy atom. The van der Waals surface area contributed by atoms with Gasteiger partial charge in [0.15, 0.2) is 0 Å². The lowest BCUT2D eigenvalue weighted by Crippen LogP contribution is -2.26. The zero-order valence-corrected chi connectivity index (χ0v) is 11.6. The van der Waals surface area contributed by atoms with Crippen LogP contribution in [0.1, 0.15) is 49.0 Å². The Labute approximate surface area is 108 Å². The Bertz CT molecular complexity index is 370. The molecule has 0 radical (unpaired) electrons. The average molecular weight is 250 g/mol. The lowest BCUT2D eigenvalue weighted by Gasteiger charge is -2.20. The summed E-state index contributed by atoms with van der Waals surface area (Å²) in [7, 11) is 0. The fraction of sp³-hybridized carbons (Fsp3) is 0.643. The average Bonchev–Trinajstić information content (AvgIpc) is 2.86. The maximum absolute atomic E-state index is 4.49. The number of allylic oxidation sites excluding steroid dienone is 2. The van der Waals surface area contributed by atoms with Crippen LogP contribution >= 0.6 is 11.3 Å². The molecular weight excluding hydrogens is 228 g/mol. The van der Waals surface area contributed by atoms with Gasteiger partial charge in [-0.3, -0.25) is 0 Å². The summed E-state index contributed by atoms with van der Waals surface area (Å²) < 4.78 is 0. The Morgan fingerprint density at radius 1 is 1.53 bits per heavy atom. The van der Waals surface area contributed by atoms with Crippen LogP contribution in [0.15, 0.2) is 18.3 Å². The number of thiazole rings is 1. The van der Waals surface area contributed by atoms with Crippen molar-refractivity contribution in [3.63, 3.8) is 0 Å². The third-order valence-corrected chi connectivity index (χ3v) is 4.71. The zero-order valence-electron chi connectivity index (χ0n) is 10.8. The van der Waals surface area contributed by atoms with Gasteiger partial charge in [0.25, 0.3) is 0 Å². The molecule has 1 aromatic heterocycles. The van der Waals surface area contributed by atoms with Gasteiger partial charge in [0.2, 0.25) is 0 Å². The molecule has 1 N–H and O–H groups in total. The number of aryl methyl sites for hydroxylation is 1. The zero-order chi connectivity index (χ0) is 12.1. The molecule has 0 saturated carbocycles. The first kappa shape index (κ1) is 12.8. The van der Waals surface area contributed by atoms with Crippen LogP contribution in [0.3, 0.4) is 0 Å². The van der Waals surface area contributed by atoms with Crippen molar-refractivity contribution in [2.45, 2.75) is 45.6 Å². The van der Waals surface area contributed by atoms with E-state index in [1.807, 2.05) is 17.5 Å². The van der Waals surface area contributed by atoms with Gasteiger partial charge < -0.3 is 5.32 Å². The molecule has 3 heteroatoms. The van der Waals surface area contributed by atoms with Crippen molar-refractivity contribution < 1.29 is 0 Å². The maximum Gasteiger partial charge on any atom is 0.109 e. The van der Waals surface area contributed by atoms with Crippen molar-refractivity contribution in [3.8, 4) is 0 Å². The fourth-order valence-electron chi connectivity index (χ4n) is 2.16. The smallest absolute Gasteiger partial charge is 0.109 e. The molecule has 1 heterocycles. The third-order valence-electron chi connectivity index (χ3n) is 3.38. The minimum absolute atomic E-state index is 0.395. The quantitative estimate of drug-likeness (QED) is 0.806. The second-order valence-electron chi connectivity index (χ2n) is 4.80. The molecule has 17 heavy (non-hydrogen) atoms. The second kappa shape index (κ2) is 6.31. The number of nitrogens with one attached hydrogen (secondary N) is 1. The van der Waals surface area contributed by atoms with E-state index in [1.165, 1.54) is 29.1 Å². The van der Waals surface area contributed by atoms with Gasteiger partial charge in [-0.1, -0.05) is 19.1 Å². The van der Waals surface area contributed by atoms with E-state index in [0.717, 1.165) is 18.9 Å². The summed E-state index contributed by atoms with van der Waals surface area (Å²) in [5, 5.41) is 4.85. The van der Waals surface area contributed by atoms with Gasteiger partial charge in [-0.2, -0.15) is 0 Å². The SMILES string of the molecule is CCc1cnc(C(C)NCC2CC=CCC2)s1. The van der Waals surface area contributed by atoms with E-state index in [-0.39, 0.29) is 0 Å². The van der Waals surface area contributed by atoms with E-state index in [4.69, 9.17) is 0 Å². The monoisotopic (exact) mass is 250 g/mol. The normalized spacial score (nSPS) is 21.6. The molecule has 0 fully saturated rings. The first-order valence-electron chi connectivity index (χ1n) is 6.62. The van der Waals surface area contributed by atoms with Crippen LogP contribution in [0.2, 0.25) is 0 Å². The van der Waals surface area contributed by atoms with E-state index < -0.39 is 0 Å². The van der Waals surface area contributed by atoms with Crippen molar-refractivity contribution in [2.75, 3.05) is 6.54 Å². The minimum Gasteiger partial charge on any atom is -0.308 e. The Hall–Kier alpha value is -0.670. The highest BCUT2D eigenvalue weighted by molar-refractivity contribution is 7.11. The minimum atomic E-state index is 0.395. The lowest BCUT2D eigenvalue weighted by atomic mass is 9.94.